The van der Waals surface area contributed by atoms with E-state index in [1.807, 2.05) is 0 Å². The Bertz CT molecular complexity index is 399. The Morgan fingerprint density at radius 1 is 1.25 bits per heavy atom. The third-order valence-corrected chi connectivity index (χ3v) is 2.07. The molecule has 0 amide bonds. The van der Waals surface area contributed by atoms with Gasteiger partial charge in [-0.1, -0.05) is 0 Å². The molecule has 0 atom stereocenters. The fourth-order valence-electron chi connectivity index (χ4n) is 1.39. The van der Waals surface area contributed by atoms with E-state index in [1.165, 1.54) is 7.11 Å². The van der Waals surface area contributed by atoms with E-state index < -0.39 is 23.0 Å². The van der Waals surface area contributed by atoms with Crippen molar-refractivity contribution < 1.29 is 17.9 Å². The molecule has 1 aromatic carbocycles. The van der Waals surface area contributed by atoms with Crippen LogP contribution in [-0.4, -0.2) is 12.6 Å². The van der Waals surface area contributed by atoms with E-state index in [2.05, 4.69) is 4.74 Å². The van der Waals surface area contributed by atoms with E-state index in [9.17, 15) is 13.2 Å². The van der Waals surface area contributed by atoms with Crippen molar-refractivity contribution in [3.63, 3.8) is 0 Å². The van der Waals surface area contributed by atoms with Crippen molar-refractivity contribution in [2.24, 2.45) is 5.73 Å². The predicted octanol–water partition coefficient (Wildman–Crippen LogP) is 2.39. The minimum Gasteiger partial charge on any atom is -0.494 e. The molecule has 0 aliphatic carbocycles. The first-order valence-corrected chi connectivity index (χ1v) is 4.75. The second kappa shape index (κ2) is 4.33. The van der Waals surface area contributed by atoms with Gasteiger partial charge in [-0.3, -0.25) is 0 Å². The first kappa shape index (κ1) is 12.8. The van der Waals surface area contributed by atoms with E-state index in [-0.39, 0.29) is 17.7 Å². The molecule has 1 aromatic rings. The van der Waals surface area contributed by atoms with Gasteiger partial charge in [0.25, 0.3) is 0 Å². The van der Waals surface area contributed by atoms with Crippen LogP contribution in [0.4, 0.5) is 13.2 Å². The summed E-state index contributed by atoms with van der Waals surface area (Å²) in [5.41, 5.74) is 4.43. The van der Waals surface area contributed by atoms with Gasteiger partial charge in [0, 0.05) is 17.2 Å². The zero-order valence-electron chi connectivity index (χ0n) is 9.40. The van der Waals surface area contributed by atoms with Gasteiger partial charge in [-0.2, -0.15) is 0 Å². The lowest BCUT2D eigenvalue weighted by molar-refractivity contribution is 0.366. The minimum absolute atomic E-state index is 0.112. The maximum atomic E-state index is 13.7. The molecule has 0 heterocycles. The molecular weight excluding hydrogens is 219 g/mol. The standard InChI is InChI=1S/C11H14F3NO/c1-11(2,15)5-6-9(13)7(12)4-8(16-3)10(6)14/h4H,5,15H2,1-3H3. The Kier molecular flexibility index (Phi) is 3.48. The molecule has 0 aliphatic heterocycles. The molecule has 1 rings (SSSR count). The number of halogens is 3. The van der Waals surface area contributed by atoms with Gasteiger partial charge in [0.1, 0.15) is 0 Å². The highest BCUT2D eigenvalue weighted by Gasteiger charge is 2.23. The number of ether oxygens (including phenoxy) is 1. The van der Waals surface area contributed by atoms with Gasteiger partial charge in [0.15, 0.2) is 23.2 Å². The largest absolute Gasteiger partial charge is 0.494 e. The van der Waals surface area contributed by atoms with Crippen LogP contribution in [-0.2, 0) is 6.42 Å². The van der Waals surface area contributed by atoms with Crippen molar-refractivity contribution in [1.29, 1.82) is 0 Å². The molecule has 0 radical (unpaired) electrons. The Morgan fingerprint density at radius 3 is 2.25 bits per heavy atom. The van der Waals surface area contributed by atoms with Crippen LogP contribution >= 0.6 is 0 Å². The van der Waals surface area contributed by atoms with E-state index in [0.717, 1.165) is 0 Å². The van der Waals surface area contributed by atoms with Gasteiger partial charge in [-0.05, 0) is 20.3 Å². The monoisotopic (exact) mass is 233 g/mol. The average molecular weight is 233 g/mol. The third-order valence-electron chi connectivity index (χ3n) is 2.07. The molecule has 16 heavy (non-hydrogen) atoms. The highest BCUT2D eigenvalue weighted by molar-refractivity contribution is 5.34. The zero-order chi connectivity index (χ0) is 12.5. The summed E-state index contributed by atoms with van der Waals surface area (Å²) in [5.74, 6) is -3.58. The number of hydrogen-bond acceptors (Lipinski definition) is 2. The fraction of sp³-hybridized carbons (Fsp3) is 0.455. The van der Waals surface area contributed by atoms with Crippen LogP contribution in [0.25, 0.3) is 0 Å². The number of benzene rings is 1. The van der Waals surface area contributed by atoms with E-state index in [4.69, 9.17) is 5.73 Å². The van der Waals surface area contributed by atoms with Crippen LogP contribution in [0.1, 0.15) is 19.4 Å². The van der Waals surface area contributed by atoms with Crippen LogP contribution in [0, 0.1) is 17.5 Å². The topological polar surface area (TPSA) is 35.2 Å². The zero-order valence-corrected chi connectivity index (χ0v) is 9.40. The van der Waals surface area contributed by atoms with Crippen molar-refractivity contribution in [3.05, 3.63) is 29.1 Å². The van der Waals surface area contributed by atoms with Crippen molar-refractivity contribution in [3.8, 4) is 5.75 Å². The van der Waals surface area contributed by atoms with Crippen molar-refractivity contribution >= 4 is 0 Å². The van der Waals surface area contributed by atoms with Crippen LogP contribution in [0.2, 0.25) is 0 Å². The second-order valence-electron chi connectivity index (χ2n) is 4.33. The molecule has 0 saturated heterocycles. The summed E-state index contributed by atoms with van der Waals surface area (Å²) in [4.78, 5) is 0. The minimum atomic E-state index is -1.21. The molecule has 0 aromatic heterocycles. The first-order valence-electron chi connectivity index (χ1n) is 4.75. The summed E-state index contributed by atoms with van der Waals surface area (Å²) in [6, 6.07) is 0.678. The highest BCUT2D eigenvalue weighted by atomic mass is 19.2. The Labute approximate surface area is 92.2 Å². The maximum absolute atomic E-state index is 13.7. The van der Waals surface area contributed by atoms with E-state index >= 15 is 0 Å². The molecule has 0 spiro atoms. The third kappa shape index (κ3) is 2.66. The second-order valence-corrected chi connectivity index (χ2v) is 4.33. The molecule has 90 valence electrons. The molecule has 5 heteroatoms. The number of hydrogen-bond donors (Lipinski definition) is 1. The quantitative estimate of drug-likeness (QED) is 0.813. The molecule has 2 nitrogen and oxygen atoms in total. The Morgan fingerprint density at radius 2 is 1.81 bits per heavy atom. The molecule has 0 aliphatic rings. The molecule has 0 fully saturated rings. The predicted molar refractivity (Wildman–Crippen MR) is 54.8 cm³/mol. The summed E-state index contributed by atoms with van der Waals surface area (Å²) >= 11 is 0. The van der Waals surface area contributed by atoms with Gasteiger partial charge >= 0.3 is 0 Å². The molecular formula is C11H14F3NO. The highest BCUT2D eigenvalue weighted by Crippen LogP contribution is 2.27. The van der Waals surface area contributed by atoms with Crippen molar-refractivity contribution in [1.82, 2.24) is 0 Å². The molecule has 2 N–H and O–H groups in total. The summed E-state index contributed by atoms with van der Waals surface area (Å²) in [6.07, 6.45) is -0.112. The molecule has 0 saturated carbocycles. The molecule has 0 unspecified atom stereocenters. The number of rotatable bonds is 3. The Balaban J connectivity index is 3.30. The summed E-state index contributed by atoms with van der Waals surface area (Å²) in [5, 5.41) is 0. The average Bonchev–Trinajstić information content (AvgIpc) is 2.17. The fourth-order valence-corrected chi connectivity index (χ4v) is 1.39. The van der Waals surface area contributed by atoms with Gasteiger partial charge in [0.05, 0.1) is 7.11 Å². The van der Waals surface area contributed by atoms with E-state index in [1.54, 1.807) is 13.8 Å². The summed E-state index contributed by atoms with van der Waals surface area (Å²) in [7, 11) is 1.19. The maximum Gasteiger partial charge on any atom is 0.171 e. The van der Waals surface area contributed by atoms with Gasteiger partial charge in [-0.15, -0.1) is 0 Å². The van der Waals surface area contributed by atoms with Gasteiger partial charge < -0.3 is 10.5 Å². The first-order chi connectivity index (χ1) is 7.26. The van der Waals surface area contributed by atoms with Crippen LogP contribution in [0.5, 0.6) is 5.75 Å². The lowest BCUT2D eigenvalue weighted by atomic mass is 9.95. The van der Waals surface area contributed by atoms with Crippen molar-refractivity contribution in [2.75, 3.05) is 7.11 Å². The SMILES string of the molecule is COc1cc(F)c(F)c(CC(C)(C)N)c1F. The molecule has 0 bridgehead atoms. The van der Waals surface area contributed by atoms with Crippen LogP contribution < -0.4 is 10.5 Å². The van der Waals surface area contributed by atoms with Crippen LogP contribution in [0.15, 0.2) is 6.07 Å². The smallest absolute Gasteiger partial charge is 0.171 e. The normalized spacial score (nSPS) is 11.7. The van der Waals surface area contributed by atoms with Gasteiger partial charge in [-0.25, -0.2) is 13.2 Å². The summed E-state index contributed by atoms with van der Waals surface area (Å²) in [6.45, 7) is 3.20. The van der Waals surface area contributed by atoms with Crippen LogP contribution in [0.3, 0.4) is 0 Å². The lowest BCUT2D eigenvalue weighted by Crippen LogP contribution is -2.35. The van der Waals surface area contributed by atoms with Gasteiger partial charge in [0.2, 0.25) is 0 Å². The van der Waals surface area contributed by atoms with Crippen molar-refractivity contribution in [2.45, 2.75) is 25.8 Å². The lowest BCUT2D eigenvalue weighted by Gasteiger charge is -2.20. The summed E-state index contributed by atoms with van der Waals surface area (Å²) < 4.78 is 44.8. The van der Waals surface area contributed by atoms with E-state index in [0.29, 0.717) is 6.07 Å². The Hall–Kier alpha value is -1.23. The number of nitrogens with two attached hydrogens (primary N) is 1. The number of methoxy groups -OCH3 is 1.